The fraction of sp³-hybridized carbons (Fsp3) is 0.500. The zero-order valence-electron chi connectivity index (χ0n) is 7.70. The van der Waals surface area contributed by atoms with Crippen molar-refractivity contribution in [1.29, 1.82) is 0 Å². The smallest absolute Gasteiger partial charge is 0.360 e. The van der Waals surface area contributed by atoms with E-state index in [4.69, 9.17) is 5.21 Å². The van der Waals surface area contributed by atoms with Crippen LogP contribution in [0.15, 0.2) is 0 Å². The first kappa shape index (κ1) is 23.8. The van der Waals surface area contributed by atoms with Gasteiger partial charge in [0, 0.05) is 21.1 Å². The van der Waals surface area contributed by atoms with Gasteiger partial charge in [-0.15, -0.1) is 0 Å². The van der Waals surface area contributed by atoms with Gasteiger partial charge in [0.2, 0.25) is 0 Å². The van der Waals surface area contributed by atoms with Crippen LogP contribution in [0, 0.1) is 19.0 Å². The molecule has 6 heteroatoms. The van der Waals surface area contributed by atoms with Gasteiger partial charge in [0.15, 0.2) is 5.91 Å². The Balaban J connectivity index is -0.0000000740. The van der Waals surface area contributed by atoms with E-state index in [1.165, 1.54) is 11.6 Å². The summed E-state index contributed by atoms with van der Waals surface area (Å²) in [5, 5.41) is 7.97. The summed E-state index contributed by atoms with van der Waals surface area (Å²) in [6, 6.07) is 0. The molecule has 0 aromatic heterocycles. The van der Waals surface area contributed by atoms with Crippen molar-refractivity contribution >= 4 is 15.1 Å². The van der Waals surface area contributed by atoms with Crippen LogP contribution in [0.1, 0.15) is 13.8 Å². The van der Waals surface area contributed by atoms with Crippen LogP contribution in [-0.4, -0.2) is 11.1 Å². The van der Waals surface area contributed by atoms with Gasteiger partial charge >= 0.3 is 51.4 Å². The topological polar surface area (TPSA) is 49.3 Å². The first-order valence-electron chi connectivity index (χ1n) is 3.04. The predicted octanol–water partition coefficient (Wildman–Crippen LogP) is -1.99. The summed E-state index contributed by atoms with van der Waals surface area (Å²) < 4.78 is 0. The van der Waals surface area contributed by atoms with Crippen molar-refractivity contribution in [2.75, 3.05) is 0 Å². The van der Waals surface area contributed by atoms with Gasteiger partial charge in [-0.1, -0.05) is 13.8 Å². The maximum absolute atomic E-state index is 10.3. The predicted molar refractivity (Wildman–Crippen MR) is 44.1 cm³/mol. The number of hydroxylamine groups is 1. The molecular weight excluding hydrogens is 372 g/mol. The van der Waals surface area contributed by atoms with Crippen molar-refractivity contribution in [3.8, 4) is 0 Å². The largest absolute Gasteiger partial charge is 1.00 e. The molecule has 3 nitrogen and oxygen atoms in total. The first-order chi connectivity index (χ1) is 4.72. The van der Waals surface area contributed by atoms with Crippen molar-refractivity contribution in [1.82, 2.24) is 5.48 Å². The number of carbonyl (C=O) groups is 1. The van der Waals surface area contributed by atoms with Gasteiger partial charge in [-0.3, -0.25) is 10.0 Å². The molecule has 1 unspecified atom stereocenters. The van der Waals surface area contributed by atoms with E-state index in [2.05, 4.69) is 16.2 Å². The molecule has 0 aliphatic rings. The molecule has 0 aliphatic carbocycles. The summed E-state index contributed by atoms with van der Waals surface area (Å²) >= 11 is 0. The number of carbonyl (C=O) groups excluding carboxylic acids is 1. The Kier molecular flexibility index (Phi) is 37.4. The number of hydrogen-bond acceptors (Lipinski definition) is 2. The molecule has 1 amide bonds. The SMILES string of the molecule is CC.[CH2-][C@@H]([CH-]P)C(=O)NO.[K+].[W]. The van der Waals surface area contributed by atoms with E-state index in [9.17, 15) is 4.79 Å². The Morgan fingerprint density at radius 3 is 2.08 bits per heavy atom. The van der Waals surface area contributed by atoms with Crippen LogP contribution in [0.5, 0.6) is 0 Å². The van der Waals surface area contributed by atoms with Gasteiger partial charge in [0.25, 0.3) is 0 Å². The molecule has 0 bridgehead atoms. The standard InChI is InChI=1S/C4H8NO2P.C2H6.K.W/c1-3(2-8)4(6)5-7;1-2;;/h2-3,7H,1,8H2,(H,5,6);1-2H3;;/q-2;;+1;/t3-;;;/m0.../s1. The van der Waals surface area contributed by atoms with E-state index in [0.717, 1.165) is 0 Å². The molecule has 0 aromatic carbocycles. The number of amides is 1. The normalized spacial score (nSPS) is 9.08. The van der Waals surface area contributed by atoms with Gasteiger partial charge in [0.1, 0.15) is 0 Å². The number of hydrogen-bond donors (Lipinski definition) is 2. The summed E-state index contributed by atoms with van der Waals surface area (Å²) in [7, 11) is 2.23. The molecular formula is C6H14KNO2PW-. The maximum Gasteiger partial charge on any atom is 1.00 e. The van der Waals surface area contributed by atoms with Gasteiger partial charge in [-0.2, -0.15) is 0 Å². The zero-order chi connectivity index (χ0) is 8.57. The van der Waals surface area contributed by atoms with Crippen molar-refractivity contribution in [3.05, 3.63) is 13.1 Å². The van der Waals surface area contributed by atoms with Gasteiger partial charge in [-0.05, 0) is 0 Å². The molecule has 0 heterocycles. The average Bonchev–Trinajstić information content (AvgIpc) is 2.05. The summed E-state index contributed by atoms with van der Waals surface area (Å²) in [4.78, 5) is 10.3. The molecule has 2 atom stereocenters. The monoisotopic (exact) mass is 386 g/mol. The molecule has 0 saturated carbocycles. The third-order valence-electron chi connectivity index (χ3n) is 0.679. The third kappa shape index (κ3) is 14.7. The van der Waals surface area contributed by atoms with Crippen molar-refractivity contribution < 1.29 is 82.5 Å². The molecule has 0 aliphatic heterocycles. The molecule has 0 spiro atoms. The summed E-state index contributed by atoms with van der Waals surface area (Å²) in [6.45, 7) is 7.38. The first-order valence-corrected chi connectivity index (χ1v) is 3.71. The van der Waals surface area contributed by atoms with Crippen LogP contribution in [0.25, 0.3) is 0 Å². The Labute approximate surface area is 134 Å². The van der Waals surface area contributed by atoms with Crippen molar-refractivity contribution in [2.24, 2.45) is 5.92 Å². The van der Waals surface area contributed by atoms with Gasteiger partial charge < -0.3 is 22.3 Å². The Hall–Kier alpha value is 2.18. The second kappa shape index (κ2) is 18.9. The second-order valence-electron chi connectivity index (χ2n) is 1.27. The average molecular weight is 386 g/mol. The fourth-order valence-corrected chi connectivity index (χ4v) is 0.345. The number of rotatable bonds is 2. The van der Waals surface area contributed by atoms with Crippen LogP contribution < -0.4 is 56.9 Å². The minimum Gasteiger partial charge on any atom is -0.360 e. The third-order valence-corrected chi connectivity index (χ3v) is 1.14. The molecule has 0 radical (unpaired) electrons. The molecule has 2 N–H and O–H groups in total. The Morgan fingerprint density at radius 2 is 2.00 bits per heavy atom. The molecule has 0 fully saturated rings. The number of nitrogens with one attached hydrogen (secondary N) is 1. The summed E-state index contributed by atoms with van der Waals surface area (Å²) in [5.41, 5.74) is 1.47. The van der Waals surface area contributed by atoms with Gasteiger partial charge in [-0.25, -0.2) is 11.4 Å². The molecule has 0 rings (SSSR count). The molecule has 0 aromatic rings. The second-order valence-corrected chi connectivity index (χ2v) is 1.66. The van der Waals surface area contributed by atoms with Crippen LogP contribution in [0.2, 0.25) is 0 Å². The van der Waals surface area contributed by atoms with E-state index in [1.807, 2.05) is 13.8 Å². The van der Waals surface area contributed by atoms with E-state index in [0.29, 0.717) is 0 Å². The Bertz CT molecular complexity index is 97.6. The van der Waals surface area contributed by atoms with Crippen LogP contribution in [-0.2, 0) is 25.9 Å². The summed E-state index contributed by atoms with van der Waals surface area (Å²) in [6.07, 6.45) is 1.51. The van der Waals surface area contributed by atoms with Crippen LogP contribution in [0.3, 0.4) is 0 Å². The van der Waals surface area contributed by atoms with E-state index in [1.54, 1.807) is 0 Å². The quantitative estimate of drug-likeness (QED) is 0.190. The molecule has 12 heavy (non-hydrogen) atoms. The van der Waals surface area contributed by atoms with Crippen molar-refractivity contribution in [2.45, 2.75) is 13.8 Å². The summed E-state index contributed by atoms with van der Waals surface area (Å²) in [5.74, 6) is -0.995. The van der Waals surface area contributed by atoms with Crippen LogP contribution in [0.4, 0.5) is 0 Å². The fourth-order valence-electron chi connectivity index (χ4n) is 0.170. The van der Waals surface area contributed by atoms with Gasteiger partial charge in [0.05, 0.1) is 0 Å². The van der Waals surface area contributed by atoms with Crippen LogP contribution >= 0.6 is 9.24 Å². The van der Waals surface area contributed by atoms with Crippen molar-refractivity contribution in [3.63, 3.8) is 0 Å². The zero-order valence-corrected chi connectivity index (χ0v) is 14.9. The van der Waals surface area contributed by atoms with E-state index < -0.39 is 11.8 Å². The molecule has 68 valence electrons. The van der Waals surface area contributed by atoms with E-state index >= 15 is 0 Å². The Morgan fingerprint density at radius 1 is 1.67 bits per heavy atom. The van der Waals surface area contributed by atoms with E-state index in [-0.39, 0.29) is 72.4 Å². The molecule has 0 saturated heterocycles. The maximum atomic E-state index is 10.3. The minimum absolute atomic E-state index is 0. The minimum atomic E-state index is -0.500.